The van der Waals surface area contributed by atoms with Crippen LogP contribution in [-0.4, -0.2) is 74.4 Å². The average molecular weight is 541 g/mol. The van der Waals surface area contributed by atoms with Crippen molar-refractivity contribution >= 4 is 51.1 Å². The van der Waals surface area contributed by atoms with Crippen LogP contribution in [0.4, 0.5) is 0 Å². The molecule has 2 fully saturated rings. The van der Waals surface area contributed by atoms with Crippen LogP contribution >= 0.6 is 35.3 Å². The lowest BCUT2D eigenvalue weighted by Gasteiger charge is -2.39. The third-order valence-corrected chi connectivity index (χ3v) is 9.16. The van der Waals surface area contributed by atoms with Gasteiger partial charge in [0.05, 0.1) is 10.5 Å². The second-order valence-electron chi connectivity index (χ2n) is 8.23. The Kier molecular flexibility index (Phi) is 8.60. The lowest BCUT2D eigenvalue weighted by atomic mass is 9.97. The molecular weight excluding hydrogens is 507 g/mol. The van der Waals surface area contributed by atoms with Gasteiger partial charge in [0.15, 0.2) is 15.8 Å². The second kappa shape index (κ2) is 10.1. The van der Waals surface area contributed by atoms with Crippen LogP contribution in [0.3, 0.4) is 0 Å². The molecule has 0 spiro atoms. The van der Waals surface area contributed by atoms with Gasteiger partial charge in [-0.25, -0.2) is 8.42 Å². The highest BCUT2D eigenvalue weighted by molar-refractivity contribution is 14.0. The molecule has 0 saturated carbocycles. The number of guanidine groups is 1. The van der Waals surface area contributed by atoms with E-state index in [-0.39, 0.29) is 29.7 Å². The fraction of sp³-hybridized carbons (Fsp3) is 0.737. The number of hydrogen-bond acceptors (Lipinski definition) is 5. The van der Waals surface area contributed by atoms with E-state index in [0.29, 0.717) is 19.0 Å². The highest BCUT2D eigenvalue weighted by Crippen LogP contribution is 2.24. The Morgan fingerprint density at radius 2 is 2.04 bits per heavy atom. The Labute approximate surface area is 190 Å². The second-order valence-corrected chi connectivity index (χ2v) is 12.0. The number of piperidine rings is 1. The van der Waals surface area contributed by atoms with E-state index in [1.54, 1.807) is 7.05 Å². The fourth-order valence-corrected chi connectivity index (χ4v) is 5.98. The monoisotopic (exact) mass is 540 g/mol. The molecule has 0 bridgehead atoms. The summed E-state index contributed by atoms with van der Waals surface area (Å²) in [6.45, 7) is 8.88. The van der Waals surface area contributed by atoms with E-state index in [0.717, 1.165) is 32.1 Å². The summed E-state index contributed by atoms with van der Waals surface area (Å²) >= 11 is 1.83. The van der Waals surface area contributed by atoms with Crippen molar-refractivity contribution in [1.29, 1.82) is 0 Å². The molecule has 3 heterocycles. The molecule has 0 radical (unpaired) electrons. The van der Waals surface area contributed by atoms with Crippen LogP contribution in [0.2, 0.25) is 0 Å². The minimum Gasteiger partial charge on any atom is -0.356 e. The number of nitrogens with one attached hydrogen (secondary N) is 1. The summed E-state index contributed by atoms with van der Waals surface area (Å²) in [6, 6.07) is 4.33. The first kappa shape index (κ1) is 23.9. The van der Waals surface area contributed by atoms with E-state index in [2.05, 4.69) is 37.6 Å². The molecule has 1 aromatic rings. The Morgan fingerprint density at radius 1 is 1.32 bits per heavy atom. The molecule has 0 atom stereocenters. The number of hydrogen-bond donors (Lipinski definition) is 1. The first-order chi connectivity index (χ1) is 12.8. The number of aliphatic imine (C=N–C) groups is 1. The number of thiophene rings is 1. The third-order valence-electron chi connectivity index (χ3n) is 5.77. The molecule has 1 N–H and O–H groups in total. The van der Waals surface area contributed by atoms with Crippen LogP contribution in [0.1, 0.15) is 31.6 Å². The molecule has 0 aliphatic carbocycles. The predicted octanol–water partition coefficient (Wildman–Crippen LogP) is 2.66. The van der Waals surface area contributed by atoms with Gasteiger partial charge in [0.25, 0.3) is 0 Å². The summed E-state index contributed by atoms with van der Waals surface area (Å²) in [5.74, 6) is 1.67. The van der Waals surface area contributed by atoms with Gasteiger partial charge >= 0.3 is 0 Å². The molecule has 2 aliphatic heterocycles. The molecule has 9 heteroatoms. The van der Waals surface area contributed by atoms with Gasteiger partial charge in [0, 0.05) is 38.1 Å². The van der Waals surface area contributed by atoms with Crippen molar-refractivity contribution in [3.05, 3.63) is 22.4 Å². The first-order valence-electron chi connectivity index (χ1n) is 9.73. The van der Waals surface area contributed by atoms with Crippen molar-refractivity contribution in [2.24, 2.45) is 10.9 Å². The van der Waals surface area contributed by atoms with Crippen LogP contribution in [-0.2, 0) is 16.4 Å². The summed E-state index contributed by atoms with van der Waals surface area (Å²) in [5, 5.41) is 5.64. The molecular formula is C19H33IN4O2S2. The minimum absolute atomic E-state index is 0. The van der Waals surface area contributed by atoms with Gasteiger partial charge in [-0.3, -0.25) is 9.89 Å². The molecule has 2 saturated heterocycles. The smallest absolute Gasteiger partial charge is 0.193 e. The van der Waals surface area contributed by atoms with E-state index in [9.17, 15) is 8.42 Å². The molecule has 0 aromatic carbocycles. The van der Waals surface area contributed by atoms with E-state index >= 15 is 0 Å². The van der Waals surface area contributed by atoms with Crippen LogP contribution in [0, 0.1) is 5.92 Å². The van der Waals surface area contributed by atoms with Gasteiger partial charge in [-0.15, -0.1) is 35.3 Å². The highest BCUT2D eigenvalue weighted by atomic mass is 127. The van der Waals surface area contributed by atoms with Crippen molar-refractivity contribution in [1.82, 2.24) is 15.1 Å². The SMILES string of the molecule is CN=C(NCC1CCN(Cc2cccs2)CC1)N1CCS(=O)(=O)C(C)(C)C1.I. The largest absolute Gasteiger partial charge is 0.356 e. The Hall–Kier alpha value is -0.390. The quantitative estimate of drug-likeness (QED) is 0.362. The number of rotatable bonds is 4. The topological polar surface area (TPSA) is 65.0 Å². The van der Waals surface area contributed by atoms with Gasteiger partial charge < -0.3 is 10.2 Å². The summed E-state index contributed by atoms with van der Waals surface area (Å²) in [7, 11) is -1.25. The minimum atomic E-state index is -3.03. The molecule has 2 aliphatic rings. The number of nitrogens with zero attached hydrogens (tertiary/aromatic N) is 3. The van der Waals surface area contributed by atoms with E-state index in [1.165, 1.54) is 17.7 Å². The van der Waals surface area contributed by atoms with E-state index < -0.39 is 14.6 Å². The standard InChI is InChI=1S/C19H32N4O2S2.HI/c1-19(2)15-23(10-12-27(19,24)25)18(20-3)21-13-16-6-8-22(9-7-16)14-17-5-4-11-26-17;/h4-5,11,16H,6-10,12-15H2,1-3H3,(H,20,21);1H. The lowest BCUT2D eigenvalue weighted by Crippen LogP contribution is -2.57. The summed E-state index contributed by atoms with van der Waals surface area (Å²) < 4.78 is 23.7. The van der Waals surface area contributed by atoms with E-state index in [1.807, 2.05) is 25.2 Å². The molecule has 1 aromatic heterocycles. The molecule has 28 heavy (non-hydrogen) atoms. The zero-order valence-corrected chi connectivity index (χ0v) is 21.0. The van der Waals surface area contributed by atoms with Gasteiger partial charge in [0.1, 0.15) is 0 Å². The van der Waals surface area contributed by atoms with Crippen molar-refractivity contribution < 1.29 is 8.42 Å². The Bertz CT molecular complexity index is 742. The van der Waals surface area contributed by atoms with Crippen LogP contribution in [0.5, 0.6) is 0 Å². The number of likely N-dealkylation sites (tertiary alicyclic amines) is 1. The van der Waals surface area contributed by atoms with Crippen LogP contribution in [0.25, 0.3) is 0 Å². The molecule has 0 unspecified atom stereocenters. The lowest BCUT2D eigenvalue weighted by molar-refractivity contribution is 0.178. The third kappa shape index (κ3) is 5.82. The van der Waals surface area contributed by atoms with Crippen molar-refractivity contribution in [3.63, 3.8) is 0 Å². The maximum Gasteiger partial charge on any atom is 0.193 e. The highest BCUT2D eigenvalue weighted by Gasteiger charge is 2.41. The Balaban J connectivity index is 0.00000280. The number of sulfone groups is 1. The van der Waals surface area contributed by atoms with E-state index in [4.69, 9.17) is 0 Å². The maximum absolute atomic E-state index is 12.2. The molecule has 0 amide bonds. The van der Waals surface area contributed by atoms with Crippen LogP contribution in [0.15, 0.2) is 22.5 Å². The average Bonchev–Trinajstić information content (AvgIpc) is 3.13. The van der Waals surface area contributed by atoms with Gasteiger partial charge in [-0.2, -0.15) is 0 Å². The van der Waals surface area contributed by atoms with Crippen molar-refractivity contribution in [2.75, 3.05) is 45.5 Å². The first-order valence-corrected chi connectivity index (χ1v) is 12.3. The van der Waals surface area contributed by atoms with Gasteiger partial charge in [0.2, 0.25) is 0 Å². The summed E-state index contributed by atoms with van der Waals surface area (Å²) in [6.07, 6.45) is 2.38. The Morgan fingerprint density at radius 3 is 2.61 bits per heavy atom. The number of halogens is 1. The zero-order chi connectivity index (χ0) is 19.5. The maximum atomic E-state index is 12.2. The molecule has 6 nitrogen and oxygen atoms in total. The predicted molar refractivity (Wildman–Crippen MR) is 129 cm³/mol. The zero-order valence-electron chi connectivity index (χ0n) is 17.1. The van der Waals surface area contributed by atoms with Crippen LogP contribution < -0.4 is 5.32 Å². The summed E-state index contributed by atoms with van der Waals surface area (Å²) in [4.78, 5) is 10.5. The van der Waals surface area contributed by atoms with Crippen molar-refractivity contribution in [2.45, 2.75) is 38.0 Å². The van der Waals surface area contributed by atoms with Crippen molar-refractivity contribution in [3.8, 4) is 0 Å². The van der Waals surface area contributed by atoms with Gasteiger partial charge in [-0.05, 0) is 57.1 Å². The summed E-state index contributed by atoms with van der Waals surface area (Å²) in [5.41, 5.74) is 0. The molecule has 160 valence electrons. The van der Waals surface area contributed by atoms with Gasteiger partial charge in [-0.1, -0.05) is 6.07 Å². The normalized spacial score (nSPS) is 23.2. The fourth-order valence-electron chi connectivity index (χ4n) is 3.86. The molecule has 3 rings (SSSR count).